The summed E-state index contributed by atoms with van der Waals surface area (Å²) in [6.07, 6.45) is 1.76. The van der Waals surface area contributed by atoms with E-state index in [-0.39, 0.29) is 25.2 Å². The lowest BCUT2D eigenvalue weighted by molar-refractivity contribution is -0.122. The molecule has 0 atom stereocenters. The van der Waals surface area contributed by atoms with Gasteiger partial charge in [-0.1, -0.05) is 54.3 Å². The molecule has 10 heteroatoms. The summed E-state index contributed by atoms with van der Waals surface area (Å²) in [5.74, 6) is 1.76. The average Bonchev–Trinajstić information content (AvgIpc) is 3.49. The molecule has 0 aromatic heterocycles. The van der Waals surface area contributed by atoms with Gasteiger partial charge < -0.3 is 24.3 Å². The molecule has 1 fully saturated rings. The van der Waals surface area contributed by atoms with Crippen LogP contribution >= 0.6 is 24.0 Å². The van der Waals surface area contributed by atoms with Crippen molar-refractivity contribution >= 4 is 51.9 Å². The molecule has 0 saturated carbocycles. The Labute approximate surface area is 235 Å². The Hall–Kier alpha value is -4.02. The van der Waals surface area contributed by atoms with Crippen molar-refractivity contribution in [1.82, 2.24) is 4.90 Å². The number of methoxy groups -OCH3 is 1. The number of para-hydroxylation sites is 1. The number of thioether (sulfide) groups is 1. The fourth-order valence-corrected chi connectivity index (χ4v) is 5.49. The molecular formula is C29H26N2O6S2. The zero-order chi connectivity index (χ0) is 27.5. The number of hydrogen-bond donors (Lipinski definition) is 1. The molecule has 0 bridgehead atoms. The molecule has 2 heterocycles. The van der Waals surface area contributed by atoms with E-state index >= 15 is 0 Å². The Bertz CT molecular complexity index is 1480. The van der Waals surface area contributed by atoms with Crippen LogP contribution in [0.25, 0.3) is 6.08 Å². The van der Waals surface area contributed by atoms with Crippen molar-refractivity contribution in [3.63, 3.8) is 0 Å². The van der Waals surface area contributed by atoms with Crippen LogP contribution in [0.15, 0.2) is 59.5 Å². The standard InChI is InChI=1S/C29H26N2O6S2/c1-17-5-4-6-18(2)27(17)30-26(32)15-35-21-9-7-19(11-23(21)34-3)13-25-28(33)31(29(38)39-25)14-20-8-10-22-24(12-20)37-16-36-22/h4-13H,14-16H2,1-3H3,(H,30,32)/b25-13-. The third kappa shape index (κ3) is 5.86. The average molecular weight is 563 g/mol. The number of aryl methyl sites for hydroxylation is 2. The van der Waals surface area contributed by atoms with E-state index in [2.05, 4.69) is 5.32 Å². The molecule has 3 aromatic rings. The largest absolute Gasteiger partial charge is 0.493 e. The Morgan fingerprint density at radius 2 is 1.85 bits per heavy atom. The molecule has 2 amide bonds. The van der Waals surface area contributed by atoms with Gasteiger partial charge in [0.05, 0.1) is 18.6 Å². The van der Waals surface area contributed by atoms with Crippen LogP contribution in [0.1, 0.15) is 22.3 Å². The van der Waals surface area contributed by atoms with E-state index in [1.54, 1.807) is 29.2 Å². The van der Waals surface area contributed by atoms with Crippen molar-refractivity contribution in [1.29, 1.82) is 0 Å². The highest BCUT2D eigenvalue weighted by molar-refractivity contribution is 8.26. The minimum atomic E-state index is -0.273. The lowest BCUT2D eigenvalue weighted by Crippen LogP contribution is -2.27. The van der Waals surface area contributed by atoms with Crippen LogP contribution in [-0.2, 0) is 16.1 Å². The van der Waals surface area contributed by atoms with Gasteiger partial charge in [-0.05, 0) is 66.4 Å². The maximum Gasteiger partial charge on any atom is 0.266 e. The molecule has 0 spiro atoms. The van der Waals surface area contributed by atoms with Gasteiger partial charge in [-0.2, -0.15) is 0 Å². The second kappa shape index (κ2) is 11.4. The monoisotopic (exact) mass is 562 g/mol. The number of amides is 2. The lowest BCUT2D eigenvalue weighted by Gasteiger charge is -2.15. The van der Waals surface area contributed by atoms with Crippen LogP contribution < -0.4 is 24.3 Å². The first-order chi connectivity index (χ1) is 18.8. The topological polar surface area (TPSA) is 86.3 Å². The Balaban J connectivity index is 1.24. The first-order valence-corrected chi connectivity index (χ1v) is 13.4. The number of nitrogens with one attached hydrogen (secondary N) is 1. The summed E-state index contributed by atoms with van der Waals surface area (Å²) in [5, 5.41) is 2.90. The maximum absolute atomic E-state index is 13.1. The van der Waals surface area contributed by atoms with Crippen LogP contribution in [0.5, 0.6) is 23.0 Å². The highest BCUT2D eigenvalue weighted by atomic mass is 32.2. The number of benzene rings is 3. The number of fused-ring (bicyclic) bond motifs is 1. The van der Waals surface area contributed by atoms with Gasteiger partial charge in [0.25, 0.3) is 11.8 Å². The summed E-state index contributed by atoms with van der Waals surface area (Å²) in [6, 6.07) is 16.7. The van der Waals surface area contributed by atoms with Gasteiger partial charge in [-0.15, -0.1) is 0 Å². The molecule has 0 aliphatic carbocycles. The van der Waals surface area contributed by atoms with Crippen molar-refractivity contribution in [3.05, 3.63) is 81.8 Å². The van der Waals surface area contributed by atoms with E-state index in [4.69, 9.17) is 31.2 Å². The van der Waals surface area contributed by atoms with Crippen LogP contribution in [0.4, 0.5) is 5.69 Å². The second-order valence-corrected chi connectivity index (χ2v) is 10.6. The first kappa shape index (κ1) is 26.6. The van der Waals surface area contributed by atoms with Crippen LogP contribution in [0.2, 0.25) is 0 Å². The lowest BCUT2D eigenvalue weighted by atomic mass is 10.1. The molecule has 2 aliphatic heterocycles. The number of rotatable bonds is 8. The quantitative estimate of drug-likeness (QED) is 0.286. The van der Waals surface area contributed by atoms with Crippen molar-refractivity contribution in [2.45, 2.75) is 20.4 Å². The third-order valence-corrected chi connectivity index (χ3v) is 7.62. The fraction of sp³-hybridized carbons (Fsp3) is 0.207. The van der Waals surface area contributed by atoms with E-state index in [9.17, 15) is 9.59 Å². The molecule has 1 N–H and O–H groups in total. The molecular weight excluding hydrogens is 536 g/mol. The maximum atomic E-state index is 13.1. The second-order valence-electron chi connectivity index (χ2n) is 8.97. The van der Waals surface area contributed by atoms with E-state index in [1.165, 1.54) is 18.9 Å². The predicted molar refractivity (Wildman–Crippen MR) is 154 cm³/mol. The summed E-state index contributed by atoms with van der Waals surface area (Å²) in [4.78, 5) is 27.7. The number of thiocarbonyl (C=S) groups is 1. The van der Waals surface area contributed by atoms with Crippen LogP contribution in [-0.4, -0.2) is 41.5 Å². The van der Waals surface area contributed by atoms with Crippen molar-refractivity contribution in [2.24, 2.45) is 0 Å². The molecule has 8 nitrogen and oxygen atoms in total. The minimum Gasteiger partial charge on any atom is -0.493 e. The van der Waals surface area contributed by atoms with E-state index < -0.39 is 0 Å². The van der Waals surface area contributed by atoms with Crippen LogP contribution in [0.3, 0.4) is 0 Å². The highest BCUT2D eigenvalue weighted by Gasteiger charge is 2.32. The highest BCUT2D eigenvalue weighted by Crippen LogP contribution is 2.37. The van der Waals surface area contributed by atoms with Gasteiger partial charge in [-0.3, -0.25) is 14.5 Å². The third-order valence-electron chi connectivity index (χ3n) is 6.24. The van der Waals surface area contributed by atoms with Crippen molar-refractivity contribution in [3.8, 4) is 23.0 Å². The Morgan fingerprint density at radius 1 is 1.08 bits per heavy atom. The normalized spacial score (nSPS) is 15.2. The van der Waals surface area contributed by atoms with E-state index in [1.807, 2.05) is 50.2 Å². The van der Waals surface area contributed by atoms with Crippen LogP contribution in [0, 0.1) is 13.8 Å². The zero-order valence-electron chi connectivity index (χ0n) is 21.6. The fourth-order valence-electron chi connectivity index (χ4n) is 4.23. The minimum absolute atomic E-state index is 0.176. The van der Waals surface area contributed by atoms with Gasteiger partial charge in [0.2, 0.25) is 6.79 Å². The number of carbonyl (C=O) groups excluding carboxylic acids is 2. The molecule has 200 valence electrons. The summed E-state index contributed by atoms with van der Waals surface area (Å²) < 4.78 is 22.5. The number of ether oxygens (including phenoxy) is 4. The predicted octanol–water partition coefficient (Wildman–Crippen LogP) is 5.46. The number of nitrogens with zero attached hydrogens (tertiary/aromatic N) is 1. The summed E-state index contributed by atoms with van der Waals surface area (Å²) in [7, 11) is 1.52. The van der Waals surface area contributed by atoms with Crippen molar-refractivity contribution in [2.75, 3.05) is 25.8 Å². The first-order valence-electron chi connectivity index (χ1n) is 12.1. The van der Waals surface area contributed by atoms with E-state index in [0.29, 0.717) is 38.8 Å². The molecule has 5 rings (SSSR count). The van der Waals surface area contributed by atoms with Gasteiger partial charge in [-0.25, -0.2) is 0 Å². The smallest absolute Gasteiger partial charge is 0.266 e. The molecule has 0 radical (unpaired) electrons. The van der Waals surface area contributed by atoms with Gasteiger partial charge >= 0.3 is 0 Å². The number of carbonyl (C=O) groups is 2. The molecule has 3 aromatic carbocycles. The zero-order valence-corrected chi connectivity index (χ0v) is 23.2. The van der Waals surface area contributed by atoms with Gasteiger partial charge in [0.1, 0.15) is 4.32 Å². The summed E-state index contributed by atoms with van der Waals surface area (Å²) in [5.41, 5.74) is 4.37. The number of anilines is 1. The molecule has 39 heavy (non-hydrogen) atoms. The summed E-state index contributed by atoms with van der Waals surface area (Å²) in [6.45, 7) is 4.23. The summed E-state index contributed by atoms with van der Waals surface area (Å²) >= 11 is 6.73. The molecule has 0 unspecified atom stereocenters. The SMILES string of the molecule is COc1cc(/C=C2\SC(=S)N(Cc3ccc4c(c3)OCO4)C2=O)ccc1OCC(=O)Nc1c(C)cccc1C. The Kier molecular flexibility index (Phi) is 7.76. The molecule has 1 saturated heterocycles. The van der Waals surface area contributed by atoms with Crippen molar-refractivity contribution < 1.29 is 28.5 Å². The van der Waals surface area contributed by atoms with Gasteiger partial charge in [0.15, 0.2) is 29.6 Å². The number of hydrogen-bond acceptors (Lipinski definition) is 8. The Morgan fingerprint density at radius 3 is 2.62 bits per heavy atom. The van der Waals surface area contributed by atoms with E-state index in [0.717, 1.165) is 27.9 Å². The molecule has 2 aliphatic rings. The van der Waals surface area contributed by atoms with Gasteiger partial charge in [0, 0.05) is 5.69 Å².